The number of hydrogen-bond acceptors (Lipinski definition) is 3. The first-order valence-electron chi connectivity index (χ1n) is 6.48. The number of sulfonamides is 1. The number of nitrogens with two attached hydrogens (primary N) is 1. The summed E-state index contributed by atoms with van der Waals surface area (Å²) in [5, 5.41) is 0.176. The fourth-order valence-electron chi connectivity index (χ4n) is 2.06. The van der Waals surface area contributed by atoms with Gasteiger partial charge in [0.2, 0.25) is 10.0 Å². The molecule has 1 aromatic carbocycles. The normalized spacial score (nSPS) is 21.1. The van der Waals surface area contributed by atoms with E-state index in [9.17, 15) is 8.42 Å². The molecule has 0 aromatic heterocycles. The molecule has 2 unspecified atom stereocenters. The lowest BCUT2D eigenvalue weighted by molar-refractivity contribution is 0.576. The van der Waals surface area contributed by atoms with Crippen LogP contribution in [-0.2, 0) is 10.0 Å². The summed E-state index contributed by atoms with van der Waals surface area (Å²) >= 11 is 6.05. The van der Waals surface area contributed by atoms with Crippen molar-refractivity contribution in [1.82, 2.24) is 4.72 Å². The van der Waals surface area contributed by atoms with Crippen molar-refractivity contribution in [3.05, 3.63) is 28.8 Å². The van der Waals surface area contributed by atoms with Crippen LogP contribution < -0.4 is 10.5 Å². The lowest BCUT2D eigenvalue weighted by atomic mass is 10.2. The SMILES string of the molecule is CCC1CC1NS(=O)(=O)c1ccc(C#CCN)cc1Cl. The van der Waals surface area contributed by atoms with Crippen molar-refractivity contribution >= 4 is 21.6 Å². The molecule has 0 bridgehead atoms. The molecule has 2 atom stereocenters. The molecule has 0 heterocycles. The summed E-state index contributed by atoms with van der Waals surface area (Å²) in [6, 6.07) is 4.70. The number of halogens is 1. The van der Waals surface area contributed by atoms with E-state index < -0.39 is 10.0 Å². The van der Waals surface area contributed by atoms with Gasteiger partial charge in [-0.25, -0.2) is 13.1 Å². The first-order valence-corrected chi connectivity index (χ1v) is 8.35. The van der Waals surface area contributed by atoms with Crippen molar-refractivity contribution in [2.75, 3.05) is 6.54 Å². The van der Waals surface area contributed by atoms with Crippen LogP contribution in [0.25, 0.3) is 0 Å². The van der Waals surface area contributed by atoms with E-state index in [0.717, 1.165) is 12.8 Å². The Hall–Kier alpha value is -1.06. The summed E-state index contributed by atoms with van der Waals surface area (Å²) in [6.45, 7) is 2.30. The van der Waals surface area contributed by atoms with E-state index in [-0.39, 0.29) is 22.5 Å². The van der Waals surface area contributed by atoms with Crippen LogP contribution in [0.2, 0.25) is 5.02 Å². The zero-order valence-electron chi connectivity index (χ0n) is 11.2. The third kappa shape index (κ3) is 3.53. The van der Waals surface area contributed by atoms with Gasteiger partial charge >= 0.3 is 0 Å². The van der Waals surface area contributed by atoms with Crippen LogP contribution in [0.4, 0.5) is 0 Å². The standard InChI is InChI=1S/C14H17ClN2O2S/c1-2-11-9-13(11)17-20(18,19)14-6-5-10(4-3-7-16)8-12(14)15/h5-6,8,11,13,17H,2,7,9,16H2,1H3. The van der Waals surface area contributed by atoms with Gasteiger partial charge in [-0.05, 0) is 30.5 Å². The maximum Gasteiger partial charge on any atom is 0.242 e. The number of nitrogens with one attached hydrogen (secondary N) is 1. The van der Waals surface area contributed by atoms with Crippen LogP contribution in [0.15, 0.2) is 23.1 Å². The Morgan fingerprint density at radius 3 is 2.80 bits per heavy atom. The molecule has 1 aliphatic rings. The molecule has 1 saturated carbocycles. The second kappa shape index (κ2) is 6.15. The second-order valence-electron chi connectivity index (χ2n) is 4.78. The average molecular weight is 313 g/mol. The molecular weight excluding hydrogens is 296 g/mol. The third-order valence-corrected chi connectivity index (χ3v) is 5.28. The van der Waals surface area contributed by atoms with Crippen molar-refractivity contribution in [3.8, 4) is 11.8 Å². The predicted molar refractivity (Wildman–Crippen MR) is 79.9 cm³/mol. The van der Waals surface area contributed by atoms with E-state index in [2.05, 4.69) is 23.5 Å². The maximum absolute atomic E-state index is 12.2. The highest BCUT2D eigenvalue weighted by atomic mass is 35.5. The molecular formula is C14H17ClN2O2S. The Morgan fingerprint density at radius 1 is 1.50 bits per heavy atom. The topological polar surface area (TPSA) is 72.2 Å². The van der Waals surface area contributed by atoms with Crippen LogP contribution in [0.5, 0.6) is 0 Å². The minimum atomic E-state index is -3.56. The zero-order chi connectivity index (χ0) is 14.8. The summed E-state index contributed by atoms with van der Waals surface area (Å²) in [7, 11) is -3.56. The number of rotatable bonds is 4. The van der Waals surface area contributed by atoms with Gasteiger partial charge < -0.3 is 5.73 Å². The molecule has 0 saturated heterocycles. The van der Waals surface area contributed by atoms with Crippen molar-refractivity contribution in [2.24, 2.45) is 11.7 Å². The summed E-state index contributed by atoms with van der Waals surface area (Å²) in [4.78, 5) is 0.0965. The van der Waals surface area contributed by atoms with E-state index >= 15 is 0 Å². The van der Waals surface area contributed by atoms with Crippen LogP contribution in [0, 0.1) is 17.8 Å². The molecule has 1 fully saturated rings. The zero-order valence-corrected chi connectivity index (χ0v) is 12.8. The molecule has 3 N–H and O–H groups in total. The molecule has 0 aliphatic heterocycles. The van der Waals surface area contributed by atoms with E-state index in [1.807, 2.05) is 0 Å². The molecule has 108 valence electrons. The van der Waals surface area contributed by atoms with Crippen molar-refractivity contribution in [2.45, 2.75) is 30.7 Å². The molecule has 6 heteroatoms. The largest absolute Gasteiger partial charge is 0.320 e. The van der Waals surface area contributed by atoms with Crippen molar-refractivity contribution < 1.29 is 8.42 Å². The lowest BCUT2D eigenvalue weighted by Gasteiger charge is -2.08. The fraction of sp³-hybridized carbons (Fsp3) is 0.429. The summed E-state index contributed by atoms with van der Waals surface area (Å²) in [6.07, 6.45) is 1.88. The molecule has 20 heavy (non-hydrogen) atoms. The quantitative estimate of drug-likeness (QED) is 0.832. The summed E-state index contributed by atoms with van der Waals surface area (Å²) in [5.41, 5.74) is 5.94. The predicted octanol–water partition coefficient (Wildman–Crippen LogP) is 1.73. The van der Waals surface area contributed by atoms with Crippen LogP contribution in [-0.4, -0.2) is 21.0 Å². The Balaban J connectivity index is 2.20. The molecule has 2 rings (SSSR count). The Labute approximate surface area is 124 Å². The second-order valence-corrected chi connectivity index (χ2v) is 6.87. The lowest BCUT2D eigenvalue weighted by Crippen LogP contribution is -2.27. The van der Waals surface area contributed by atoms with Gasteiger partial charge in [0.1, 0.15) is 4.90 Å². The molecule has 1 aromatic rings. The van der Waals surface area contributed by atoms with Crippen LogP contribution in [0.3, 0.4) is 0 Å². The van der Waals surface area contributed by atoms with E-state index in [1.165, 1.54) is 6.07 Å². The summed E-state index contributed by atoms with van der Waals surface area (Å²) < 4.78 is 27.2. The smallest absolute Gasteiger partial charge is 0.242 e. The summed E-state index contributed by atoms with van der Waals surface area (Å²) in [5.74, 6) is 5.96. The number of benzene rings is 1. The molecule has 0 spiro atoms. The highest BCUT2D eigenvalue weighted by molar-refractivity contribution is 7.89. The minimum Gasteiger partial charge on any atom is -0.320 e. The maximum atomic E-state index is 12.2. The molecule has 0 radical (unpaired) electrons. The highest BCUT2D eigenvalue weighted by Crippen LogP contribution is 2.35. The minimum absolute atomic E-state index is 0.0396. The van der Waals surface area contributed by atoms with Crippen molar-refractivity contribution in [3.63, 3.8) is 0 Å². The Kier molecular flexibility index (Phi) is 4.71. The average Bonchev–Trinajstić information content (AvgIpc) is 3.13. The van der Waals surface area contributed by atoms with Crippen LogP contribution in [0.1, 0.15) is 25.3 Å². The molecule has 1 aliphatic carbocycles. The van der Waals surface area contributed by atoms with Gasteiger partial charge in [0.25, 0.3) is 0 Å². The van der Waals surface area contributed by atoms with E-state index in [0.29, 0.717) is 11.5 Å². The van der Waals surface area contributed by atoms with Crippen molar-refractivity contribution in [1.29, 1.82) is 0 Å². The van der Waals surface area contributed by atoms with Gasteiger partial charge in [-0.1, -0.05) is 36.8 Å². The molecule has 4 nitrogen and oxygen atoms in total. The first-order chi connectivity index (χ1) is 9.47. The monoisotopic (exact) mass is 312 g/mol. The fourth-order valence-corrected chi connectivity index (χ4v) is 3.92. The van der Waals surface area contributed by atoms with E-state index in [4.69, 9.17) is 17.3 Å². The van der Waals surface area contributed by atoms with Gasteiger partial charge in [-0.3, -0.25) is 0 Å². The van der Waals surface area contributed by atoms with Gasteiger partial charge in [0.15, 0.2) is 0 Å². The van der Waals surface area contributed by atoms with Gasteiger partial charge in [0, 0.05) is 11.6 Å². The first kappa shape index (κ1) is 15.3. The van der Waals surface area contributed by atoms with Gasteiger partial charge in [0.05, 0.1) is 11.6 Å². The Morgan fingerprint density at radius 2 is 2.25 bits per heavy atom. The van der Waals surface area contributed by atoms with Crippen LogP contribution >= 0.6 is 11.6 Å². The Bertz CT molecular complexity index is 661. The van der Waals surface area contributed by atoms with Gasteiger partial charge in [-0.15, -0.1) is 0 Å². The van der Waals surface area contributed by atoms with E-state index in [1.54, 1.807) is 12.1 Å². The molecule has 0 amide bonds. The third-order valence-electron chi connectivity index (χ3n) is 3.31. The van der Waals surface area contributed by atoms with Gasteiger partial charge in [-0.2, -0.15) is 0 Å². The number of hydrogen-bond donors (Lipinski definition) is 2. The highest BCUT2D eigenvalue weighted by Gasteiger charge is 2.39.